The Balaban J connectivity index is 2.33. The van der Waals surface area contributed by atoms with Crippen molar-refractivity contribution in [2.45, 2.75) is 19.4 Å². The van der Waals surface area contributed by atoms with Crippen molar-refractivity contribution in [3.63, 3.8) is 0 Å². The van der Waals surface area contributed by atoms with Gasteiger partial charge in [-0.1, -0.05) is 0 Å². The van der Waals surface area contributed by atoms with Crippen LogP contribution in [0.5, 0.6) is 0 Å². The lowest BCUT2D eigenvalue weighted by atomic mass is 10.4. The second kappa shape index (κ2) is 2.17. The van der Waals surface area contributed by atoms with E-state index in [4.69, 9.17) is 5.11 Å². The molecule has 0 aromatic carbocycles. The third-order valence-electron chi connectivity index (χ3n) is 1.41. The minimum absolute atomic E-state index is 0.0764. The van der Waals surface area contributed by atoms with E-state index in [1.807, 2.05) is 0 Å². The van der Waals surface area contributed by atoms with Crippen molar-refractivity contribution in [3.05, 3.63) is 0 Å². The minimum Gasteiger partial charge on any atom is -0.481 e. The van der Waals surface area contributed by atoms with Crippen LogP contribution < -0.4 is 0 Å². The topological polar surface area (TPSA) is 49.7 Å². The highest BCUT2D eigenvalue weighted by molar-refractivity contribution is 5.75. The Kier molecular flexibility index (Phi) is 1.51. The minimum atomic E-state index is -0.717. The van der Waals surface area contributed by atoms with Gasteiger partial charge < -0.3 is 5.11 Å². The number of rotatable bonds is 2. The standard InChI is InChI=1S/C6H9NO2/c1-2-7-5-3-4(5)6(8)9/h2,4-5H,3H2,1H3,(H,8,9)/t4-,5+/m1/s1. The van der Waals surface area contributed by atoms with Gasteiger partial charge in [0.15, 0.2) is 0 Å². The number of aliphatic carboxylic acids is 1. The highest BCUT2D eigenvalue weighted by Crippen LogP contribution is 2.33. The summed E-state index contributed by atoms with van der Waals surface area (Å²) in [5.41, 5.74) is 0. The quantitative estimate of drug-likeness (QED) is 0.551. The molecular formula is C6H9NO2. The largest absolute Gasteiger partial charge is 0.481 e. The van der Waals surface area contributed by atoms with Gasteiger partial charge in [-0.15, -0.1) is 0 Å². The summed E-state index contributed by atoms with van der Waals surface area (Å²) < 4.78 is 0. The lowest BCUT2D eigenvalue weighted by molar-refractivity contribution is -0.138. The summed E-state index contributed by atoms with van der Waals surface area (Å²) in [5.74, 6) is -0.910. The third kappa shape index (κ3) is 1.28. The molecule has 0 aliphatic heterocycles. The molecule has 0 heterocycles. The monoisotopic (exact) mass is 127 g/mol. The molecule has 0 unspecified atom stereocenters. The average molecular weight is 127 g/mol. The molecule has 3 heteroatoms. The molecule has 0 bridgehead atoms. The van der Waals surface area contributed by atoms with Gasteiger partial charge in [0.1, 0.15) is 0 Å². The van der Waals surface area contributed by atoms with Crippen LogP contribution in [0.1, 0.15) is 13.3 Å². The summed E-state index contributed by atoms with van der Waals surface area (Å²) in [6.45, 7) is 1.80. The first-order valence-electron chi connectivity index (χ1n) is 2.96. The van der Waals surface area contributed by atoms with E-state index in [0.717, 1.165) is 6.42 Å². The molecule has 2 atom stereocenters. The maximum Gasteiger partial charge on any atom is 0.308 e. The van der Waals surface area contributed by atoms with E-state index in [2.05, 4.69) is 4.99 Å². The Bertz CT molecular complexity index is 153. The van der Waals surface area contributed by atoms with Gasteiger partial charge in [0, 0.05) is 0 Å². The lowest BCUT2D eigenvalue weighted by Crippen LogP contribution is -2.00. The van der Waals surface area contributed by atoms with Crippen LogP contribution >= 0.6 is 0 Å². The molecule has 1 fully saturated rings. The summed E-state index contributed by atoms with van der Waals surface area (Å²) >= 11 is 0. The van der Waals surface area contributed by atoms with Gasteiger partial charge in [0.2, 0.25) is 0 Å². The van der Waals surface area contributed by atoms with Crippen LogP contribution in [-0.4, -0.2) is 23.3 Å². The van der Waals surface area contributed by atoms with Gasteiger partial charge in [-0.05, 0) is 19.6 Å². The van der Waals surface area contributed by atoms with Crippen molar-refractivity contribution < 1.29 is 9.90 Å². The van der Waals surface area contributed by atoms with Crippen LogP contribution in [0, 0.1) is 5.92 Å². The molecule has 0 saturated heterocycles. The van der Waals surface area contributed by atoms with Crippen molar-refractivity contribution >= 4 is 12.2 Å². The summed E-state index contributed by atoms with van der Waals surface area (Å²) in [6, 6.07) is 0.0764. The number of hydrogen-bond acceptors (Lipinski definition) is 2. The maximum absolute atomic E-state index is 10.2. The third-order valence-corrected chi connectivity index (χ3v) is 1.41. The average Bonchev–Trinajstić information content (AvgIpc) is 2.47. The van der Waals surface area contributed by atoms with E-state index in [-0.39, 0.29) is 12.0 Å². The van der Waals surface area contributed by atoms with E-state index in [0.29, 0.717) is 0 Å². The molecule has 1 aliphatic rings. The number of carboxylic acids is 1. The normalized spacial score (nSPS) is 33.0. The van der Waals surface area contributed by atoms with Crippen LogP contribution in [0.25, 0.3) is 0 Å². The number of carbonyl (C=O) groups is 1. The molecule has 1 aliphatic carbocycles. The van der Waals surface area contributed by atoms with E-state index in [1.165, 1.54) is 0 Å². The van der Waals surface area contributed by atoms with E-state index < -0.39 is 5.97 Å². The molecule has 0 aromatic heterocycles. The smallest absolute Gasteiger partial charge is 0.308 e. The number of nitrogens with zero attached hydrogens (tertiary/aromatic N) is 1. The zero-order valence-electron chi connectivity index (χ0n) is 5.24. The zero-order chi connectivity index (χ0) is 6.85. The van der Waals surface area contributed by atoms with Crippen molar-refractivity contribution in [2.24, 2.45) is 10.9 Å². The molecule has 1 saturated carbocycles. The van der Waals surface area contributed by atoms with Gasteiger partial charge in [0.25, 0.3) is 0 Å². The number of carboxylic acid groups (broad SMARTS) is 1. The fourth-order valence-electron chi connectivity index (χ4n) is 0.803. The molecule has 0 radical (unpaired) electrons. The lowest BCUT2D eigenvalue weighted by Gasteiger charge is -1.83. The fraction of sp³-hybridized carbons (Fsp3) is 0.667. The van der Waals surface area contributed by atoms with Crippen LogP contribution in [0.2, 0.25) is 0 Å². The summed E-state index contributed by atoms with van der Waals surface area (Å²) in [4.78, 5) is 14.1. The first-order valence-corrected chi connectivity index (χ1v) is 2.96. The summed E-state index contributed by atoms with van der Waals surface area (Å²) in [7, 11) is 0. The molecule has 0 spiro atoms. The molecule has 50 valence electrons. The predicted molar refractivity (Wildman–Crippen MR) is 33.7 cm³/mol. The van der Waals surface area contributed by atoms with Gasteiger partial charge in [-0.2, -0.15) is 0 Å². The molecule has 0 amide bonds. The van der Waals surface area contributed by atoms with Gasteiger partial charge in [-0.3, -0.25) is 9.79 Å². The molecule has 1 rings (SSSR count). The SMILES string of the molecule is CC=N[C@H]1C[C@H]1C(=O)O. The second-order valence-corrected chi connectivity index (χ2v) is 2.16. The highest BCUT2D eigenvalue weighted by atomic mass is 16.4. The Labute approximate surface area is 53.4 Å². The fourth-order valence-corrected chi connectivity index (χ4v) is 0.803. The first kappa shape index (κ1) is 6.26. The number of hydrogen-bond donors (Lipinski definition) is 1. The maximum atomic E-state index is 10.2. The van der Waals surface area contributed by atoms with Crippen LogP contribution in [-0.2, 0) is 4.79 Å². The second-order valence-electron chi connectivity index (χ2n) is 2.16. The van der Waals surface area contributed by atoms with Crippen molar-refractivity contribution in [3.8, 4) is 0 Å². The van der Waals surface area contributed by atoms with Gasteiger partial charge >= 0.3 is 5.97 Å². The Morgan fingerprint density at radius 3 is 2.89 bits per heavy atom. The zero-order valence-corrected chi connectivity index (χ0v) is 5.24. The Hall–Kier alpha value is -0.860. The predicted octanol–water partition coefficient (Wildman–Crippen LogP) is 0.550. The summed E-state index contributed by atoms with van der Waals surface area (Å²) in [5, 5.41) is 8.38. The Morgan fingerprint density at radius 1 is 1.89 bits per heavy atom. The van der Waals surface area contributed by atoms with Gasteiger partial charge in [-0.25, -0.2) is 0 Å². The van der Waals surface area contributed by atoms with E-state index in [1.54, 1.807) is 13.1 Å². The first-order chi connectivity index (χ1) is 4.25. The van der Waals surface area contributed by atoms with Crippen molar-refractivity contribution in [2.75, 3.05) is 0 Å². The highest BCUT2D eigenvalue weighted by Gasteiger charge is 2.42. The Morgan fingerprint density at radius 2 is 2.56 bits per heavy atom. The molecule has 0 aromatic rings. The van der Waals surface area contributed by atoms with E-state index >= 15 is 0 Å². The van der Waals surface area contributed by atoms with Crippen molar-refractivity contribution in [1.82, 2.24) is 0 Å². The van der Waals surface area contributed by atoms with Crippen LogP contribution in [0.15, 0.2) is 4.99 Å². The van der Waals surface area contributed by atoms with Crippen molar-refractivity contribution in [1.29, 1.82) is 0 Å². The molecule has 1 N–H and O–H groups in total. The molecule has 9 heavy (non-hydrogen) atoms. The molecule has 3 nitrogen and oxygen atoms in total. The van der Waals surface area contributed by atoms with Gasteiger partial charge in [0.05, 0.1) is 12.0 Å². The molecular weight excluding hydrogens is 118 g/mol. The van der Waals surface area contributed by atoms with Crippen LogP contribution in [0.3, 0.4) is 0 Å². The van der Waals surface area contributed by atoms with E-state index in [9.17, 15) is 4.79 Å². The van der Waals surface area contributed by atoms with Crippen LogP contribution in [0.4, 0.5) is 0 Å². The number of aliphatic imine (C=N–C) groups is 1. The summed E-state index contributed by atoms with van der Waals surface area (Å²) in [6.07, 6.45) is 2.38.